The number of hydrogen-bond acceptors (Lipinski definition) is 3. The van der Waals surface area contributed by atoms with Gasteiger partial charge in [0.2, 0.25) is 0 Å². The maximum atomic E-state index is 12.8. The van der Waals surface area contributed by atoms with Crippen molar-refractivity contribution in [2.45, 2.75) is 45.1 Å². The van der Waals surface area contributed by atoms with Crippen molar-refractivity contribution in [3.8, 4) is 0 Å². The van der Waals surface area contributed by atoms with Crippen LogP contribution in [0.25, 0.3) is 0 Å². The van der Waals surface area contributed by atoms with Crippen LogP contribution in [0.2, 0.25) is 0 Å². The molecule has 1 amide bonds. The third-order valence-corrected chi connectivity index (χ3v) is 6.77. The molecule has 1 aromatic heterocycles. The number of piperidine rings is 1. The van der Waals surface area contributed by atoms with Gasteiger partial charge in [0.05, 0.1) is 4.88 Å². The van der Waals surface area contributed by atoms with Crippen molar-refractivity contribution in [3.05, 3.63) is 21.9 Å². The first-order valence-electron chi connectivity index (χ1n) is 8.79. The second-order valence-corrected chi connectivity index (χ2v) is 8.76. The molecule has 120 valence electrons. The van der Waals surface area contributed by atoms with Gasteiger partial charge in [0.15, 0.2) is 0 Å². The van der Waals surface area contributed by atoms with E-state index >= 15 is 0 Å². The van der Waals surface area contributed by atoms with Gasteiger partial charge in [-0.3, -0.25) is 9.69 Å². The maximum Gasteiger partial charge on any atom is 0.263 e. The van der Waals surface area contributed by atoms with Crippen molar-refractivity contribution in [2.75, 3.05) is 26.2 Å². The molecule has 4 fully saturated rings. The van der Waals surface area contributed by atoms with Crippen molar-refractivity contribution < 1.29 is 4.79 Å². The fourth-order valence-electron chi connectivity index (χ4n) is 4.28. The predicted octanol–water partition coefficient (Wildman–Crippen LogP) is 3.39. The normalized spacial score (nSPS) is 29.4. The number of thiophene rings is 1. The Bertz CT molecular complexity index is 551. The molecule has 2 bridgehead atoms. The summed E-state index contributed by atoms with van der Waals surface area (Å²) >= 11 is 1.64. The molecule has 4 aliphatic rings. The minimum atomic E-state index is 0.264. The molecule has 22 heavy (non-hydrogen) atoms. The van der Waals surface area contributed by atoms with E-state index in [-0.39, 0.29) is 5.91 Å². The molecule has 1 saturated carbocycles. The van der Waals surface area contributed by atoms with Gasteiger partial charge in [0, 0.05) is 37.1 Å². The number of fused-ring (bicyclic) bond motifs is 4. The van der Waals surface area contributed by atoms with E-state index in [9.17, 15) is 4.79 Å². The van der Waals surface area contributed by atoms with E-state index in [0.29, 0.717) is 12.0 Å². The highest BCUT2D eigenvalue weighted by Crippen LogP contribution is 2.33. The number of nitrogens with zero attached hydrogens (tertiary/aromatic N) is 2. The molecule has 5 rings (SSSR count). The minimum Gasteiger partial charge on any atom is -0.336 e. The number of carbonyl (C=O) groups excluding carboxylic acids is 1. The smallest absolute Gasteiger partial charge is 0.263 e. The van der Waals surface area contributed by atoms with Crippen molar-refractivity contribution in [3.63, 3.8) is 0 Å². The zero-order valence-electron chi connectivity index (χ0n) is 13.5. The molecular formula is C18H26N2OS. The molecule has 1 aliphatic carbocycles. The number of carbonyl (C=O) groups is 1. The van der Waals surface area contributed by atoms with Gasteiger partial charge in [-0.2, -0.15) is 0 Å². The van der Waals surface area contributed by atoms with Crippen molar-refractivity contribution in [2.24, 2.45) is 11.8 Å². The molecule has 3 saturated heterocycles. The summed E-state index contributed by atoms with van der Waals surface area (Å²) in [4.78, 5) is 19.8. The lowest BCUT2D eigenvalue weighted by Crippen LogP contribution is -2.47. The van der Waals surface area contributed by atoms with Crippen LogP contribution in [0.3, 0.4) is 0 Å². The van der Waals surface area contributed by atoms with Gasteiger partial charge in [-0.15, -0.1) is 11.3 Å². The molecule has 4 heterocycles. The summed E-state index contributed by atoms with van der Waals surface area (Å²) in [5, 5.41) is 0. The van der Waals surface area contributed by atoms with Crippen LogP contribution in [-0.2, 0) is 0 Å². The Morgan fingerprint density at radius 2 is 2.05 bits per heavy atom. The van der Waals surface area contributed by atoms with Gasteiger partial charge >= 0.3 is 0 Å². The zero-order chi connectivity index (χ0) is 15.1. The molecule has 0 radical (unpaired) electrons. The van der Waals surface area contributed by atoms with Gasteiger partial charge in [0.1, 0.15) is 0 Å². The average molecular weight is 318 g/mol. The van der Waals surface area contributed by atoms with Crippen LogP contribution in [0.4, 0.5) is 0 Å². The number of rotatable bonds is 3. The van der Waals surface area contributed by atoms with Crippen molar-refractivity contribution in [1.82, 2.24) is 9.80 Å². The van der Waals surface area contributed by atoms with Gasteiger partial charge < -0.3 is 4.90 Å². The number of aryl methyl sites for hydroxylation is 1. The maximum absolute atomic E-state index is 12.8. The number of amides is 1. The summed E-state index contributed by atoms with van der Waals surface area (Å²) in [6, 6.07) is 4.67. The molecule has 0 spiro atoms. The molecule has 3 aliphatic heterocycles. The van der Waals surface area contributed by atoms with Crippen molar-refractivity contribution >= 4 is 17.2 Å². The highest BCUT2D eigenvalue weighted by Gasteiger charge is 2.38. The first-order chi connectivity index (χ1) is 10.7. The van der Waals surface area contributed by atoms with E-state index in [1.54, 1.807) is 11.3 Å². The Balaban J connectivity index is 1.46. The molecule has 0 N–H and O–H groups in total. The molecule has 2 atom stereocenters. The predicted molar refractivity (Wildman–Crippen MR) is 90.4 cm³/mol. The summed E-state index contributed by atoms with van der Waals surface area (Å²) in [6.07, 6.45) is 6.86. The monoisotopic (exact) mass is 318 g/mol. The van der Waals surface area contributed by atoms with Crippen LogP contribution in [-0.4, -0.2) is 47.9 Å². The second kappa shape index (κ2) is 5.97. The van der Waals surface area contributed by atoms with Crippen LogP contribution in [0.5, 0.6) is 0 Å². The van der Waals surface area contributed by atoms with E-state index in [4.69, 9.17) is 0 Å². The summed E-state index contributed by atoms with van der Waals surface area (Å²) in [7, 11) is 0. The number of hydrogen-bond donors (Lipinski definition) is 0. The van der Waals surface area contributed by atoms with Gasteiger partial charge in [0.25, 0.3) is 5.91 Å². The Hall–Kier alpha value is -0.870. The Labute approximate surface area is 137 Å². The second-order valence-electron chi connectivity index (χ2n) is 7.47. The van der Waals surface area contributed by atoms with E-state index < -0.39 is 0 Å². The Morgan fingerprint density at radius 3 is 2.73 bits per heavy atom. The molecule has 0 aromatic carbocycles. The van der Waals surface area contributed by atoms with E-state index in [1.165, 1.54) is 50.1 Å². The summed E-state index contributed by atoms with van der Waals surface area (Å²) in [6.45, 7) is 6.48. The van der Waals surface area contributed by atoms with Crippen LogP contribution < -0.4 is 0 Å². The fraction of sp³-hybridized carbons (Fsp3) is 0.722. The Morgan fingerprint density at radius 1 is 1.18 bits per heavy atom. The zero-order valence-corrected chi connectivity index (χ0v) is 14.3. The van der Waals surface area contributed by atoms with Crippen molar-refractivity contribution in [1.29, 1.82) is 0 Å². The summed E-state index contributed by atoms with van der Waals surface area (Å²) in [5.74, 6) is 1.88. The largest absolute Gasteiger partial charge is 0.336 e. The van der Waals surface area contributed by atoms with Crippen LogP contribution in [0, 0.1) is 18.8 Å². The highest BCUT2D eigenvalue weighted by atomic mass is 32.1. The third kappa shape index (κ3) is 2.83. The summed E-state index contributed by atoms with van der Waals surface area (Å²) < 4.78 is 0. The summed E-state index contributed by atoms with van der Waals surface area (Å²) in [5.41, 5.74) is 0. The molecule has 3 nitrogen and oxygen atoms in total. The molecular weight excluding hydrogens is 292 g/mol. The third-order valence-electron chi connectivity index (χ3n) is 5.78. The fourth-order valence-corrected chi connectivity index (χ4v) is 5.12. The first kappa shape index (κ1) is 14.7. The minimum absolute atomic E-state index is 0.264. The van der Waals surface area contributed by atoms with E-state index in [0.717, 1.165) is 23.9 Å². The lowest BCUT2D eigenvalue weighted by molar-refractivity contribution is 0.0721. The SMILES string of the molecule is Cc1ccc(C(=O)N2C[C@H]3CC[C@@H](C2)N(CC2CCC2)C3)s1. The van der Waals surface area contributed by atoms with Crippen LogP contribution in [0.1, 0.15) is 46.7 Å². The quantitative estimate of drug-likeness (QED) is 0.853. The molecule has 1 aromatic rings. The van der Waals surface area contributed by atoms with E-state index in [2.05, 4.69) is 22.8 Å². The highest BCUT2D eigenvalue weighted by molar-refractivity contribution is 7.13. The van der Waals surface area contributed by atoms with Gasteiger partial charge in [-0.25, -0.2) is 0 Å². The van der Waals surface area contributed by atoms with Gasteiger partial charge in [-0.1, -0.05) is 6.42 Å². The van der Waals surface area contributed by atoms with Crippen LogP contribution in [0.15, 0.2) is 12.1 Å². The first-order valence-corrected chi connectivity index (χ1v) is 9.60. The standard InChI is InChI=1S/C18H26N2OS/c1-13-5-8-17(22-13)18(21)20-11-15-6-7-16(12-20)19(10-15)9-14-3-2-4-14/h5,8,14-16H,2-4,6-7,9-12H2,1H3/t15-,16-/m0/s1. The lowest BCUT2D eigenvalue weighted by Gasteiger charge is -2.40. The van der Waals surface area contributed by atoms with E-state index in [1.807, 2.05) is 6.07 Å². The molecule has 4 heteroatoms. The molecule has 0 unspecified atom stereocenters. The average Bonchev–Trinajstić information content (AvgIpc) is 2.70. The topological polar surface area (TPSA) is 23.6 Å². The van der Waals surface area contributed by atoms with Gasteiger partial charge in [-0.05, 0) is 56.6 Å². The van der Waals surface area contributed by atoms with Crippen LogP contribution >= 0.6 is 11.3 Å². The lowest BCUT2D eigenvalue weighted by atomic mass is 9.83. The Kier molecular flexibility index (Phi) is 3.99.